The van der Waals surface area contributed by atoms with Crippen molar-refractivity contribution >= 4 is 61.5 Å². The fourth-order valence-electron chi connectivity index (χ4n) is 4.03. The lowest BCUT2D eigenvalue weighted by Crippen LogP contribution is -2.39. The summed E-state index contributed by atoms with van der Waals surface area (Å²) in [5.41, 5.74) is 3.62. The number of anilines is 1. The first-order valence-corrected chi connectivity index (χ1v) is 16.3. The van der Waals surface area contributed by atoms with Crippen LogP contribution >= 0.6 is 15.9 Å². The lowest BCUT2D eigenvalue weighted by Gasteiger charge is -2.21. The van der Waals surface area contributed by atoms with Gasteiger partial charge in [-0.05, 0) is 73.2 Å². The number of nitrogens with zero attached hydrogens (tertiary/aromatic N) is 2. The van der Waals surface area contributed by atoms with E-state index < -0.39 is 40.3 Å². The third-order valence-corrected chi connectivity index (χ3v) is 8.65. The number of halogens is 1. The zero-order valence-corrected chi connectivity index (χ0v) is 27.4. The van der Waals surface area contributed by atoms with E-state index in [4.69, 9.17) is 9.15 Å². The van der Waals surface area contributed by atoms with Crippen LogP contribution in [0.25, 0.3) is 0 Å². The lowest BCUT2D eigenvalue weighted by atomic mass is 10.2. The number of rotatable bonds is 13. The monoisotopic (exact) mass is 723 g/mol. The predicted molar refractivity (Wildman–Crippen MR) is 175 cm³/mol. The van der Waals surface area contributed by atoms with Crippen LogP contribution in [-0.2, 0) is 42.2 Å². The first-order valence-electron chi connectivity index (χ1n) is 14.1. The summed E-state index contributed by atoms with van der Waals surface area (Å²) in [6.45, 7) is 1.27. The van der Waals surface area contributed by atoms with Gasteiger partial charge in [0.2, 0.25) is 10.0 Å². The summed E-state index contributed by atoms with van der Waals surface area (Å²) in [6, 6.07) is 23.9. The zero-order valence-electron chi connectivity index (χ0n) is 25.0. The summed E-state index contributed by atoms with van der Waals surface area (Å²) in [4.78, 5) is 49.0. The molecule has 15 heteroatoms. The minimum atomic E-state index is -4.03. The Bertz CT molecular complexity index is 1840. The molecule has 0 aliphatic carbocycles. The summed E-state index contributed by atoms with van der Waals surface area (Å²) in [7, 11) is -4.03. The van der Waals surface area contributed by atoms with E-state index in [1.165, 1.54) is 48.7 Å². The number of carbonyl (C=O) groups is 4. The number of carbonyl (C=O) groups excluding carboxylic acids is 4. The molecule has 0 spiro atoms. The fraction of sp³-hybridized carbons (Fsp3) is 0.156. The van der Waals surface area contributed by atoms with Crippen LogP contribution in [0.2, 0.25) is 0 Å². The van der Waals surface area contributed by atoms with Crippen LogP contribution in [0, 0.1) is 0 Å². The molecule has 0 fully saturated rings. The summed E-state index contributed by atoms with van der Waals surface area (Å²) in [5.74, 6) is -2.50. The molecule has 3 aromatic carbocycles. The molecule has 0 aliphatic rings. The molecule has 1 heterocycles. The summed E-state index contributed by atoms with van der Waals surface area (Å²) in [5, 5.41) is 8.71. The molecular formula is C32H30BrN5O8S. The van der Waals surface area contributed by atoms with Crippen LogP contribution in [0.3, 0.4) is 0 Å². The number of hydrogen-bond donors (Lipinski definition) is 3. The summed E-state index contributed by atoms with van der Waals surface area (Å²) < 4.78 is 39.0. The predicted octanol–water partition coefficient (Wildman–Crippen LogP) is 3.81. The van der Waals surface area contributed by atoms with Crippen LogP contribution in [0.5, 0.6) is 0 Å². The maximum absolute atomic E-state index is 13.4. The first-order chi connectivity index (χ1) is 22.5. The Morgan fingerprint density at radius 1 is 0.915 bits per heavy atom. The van der Waals surface area contributed by atoms with Crippen molar-refractivity contribution in [2.75, 3.05) is 18.5 Å². The second-order valence-corrected chi connectivity index (χ2v) is 12.6. The molecule has 4 rings (SSSR count). The van der Waals surface area contributed by atoms with Crippen molar-refractivity contribution in [2.24, 2.45) is 5.10 Å². The van der Waals surface area contributed by atoms with Gasteiger partial charge in [0, 0.05) is 16.7 Å². The number of esters is 1. The van der Waals surface area contributed by atoms with Crippen molar-refractivity contribution in [2.45, 2.75) is 24.9 Å². The molecule has 13 nitrogen and oxygen atoms in total. The quantitative estimate of drug-likeness (QED) is 0.0807. The Balaban J connectivity index is 1.29. The molecule has 244 valence electrons. The van der Waals surface area contributed by atoms with Crippen molar-refractivity contribution in [1.29, 1.82) is 0 Å². The molecule has 0 unspecified atom stereocenters. The molecule has 4 aromatic rings. The number of sulfonamides is 1. The van der Waals surface area contributed by atoms with E-state index in [1.54, 1.807) is 55.5 Å². The van der Waals surface area contributed by atoms with Gasteiger partial charge in [-0.2, -0.15) is 9.41 Å². The van der Waals surface area contributed by atoms with Crippen molar-refractivity contribution < 1.29 is 36.7 Å². The number of amides is 3. The standard InChI is InChI=1S/C32H30BrN5O8S/c1-2-45-32(42)23-8-12-25(13-9-23)36-31(41)30(40)34-18-26-14-15-27(46-26)19-35-37-29(39)21-38(20-22-6-4-3-5-7-22)47(43,44)28-16-10-24(33)11-17-28/h3-17,19H,2,18,20-21H2,1H3,(H,34,40)(H,36,41)(H,37,39)/b35-19-. The van der Waals surface area contributed by atoms with Gasteiger partial charge in [0.15, 0.2) is 0 Å². The molecule has 0 aliphatic heterocycles. The van der Waals surface area contributed by atoms with Crippen molar-refractivity contribution in [3.8, 4) is 0 Å². The van der Waals surface area contributed by atoms with Crippen LogP contribution in [0.1, 0.15) is 34.4 Å². The number of hydrazone groups is 1. The maximum Gasteiger partial charge on any atom is 0.338 e. The number of furan rings is 1. The van der Waals surface area contributed by atoms with Crippen molar-refractivity contribution in [1.82, 2.24) is 15.0 Å². The van der Waals surface area contributed by atoms with Gasteiger partial charge in [0.25, 0.3) is 5.91 Å². The molecule has 0 atom stereocenters. The average Bonchev–Trinajstić information content (AvgIpc) is 3.52. The number of ether oxygens (including phenoxy) is 1. The molecule has 3 amide bonds. The highest BCUT2D eigenvalue weighted by Crippen LogP contribution is 2.21. The SMILES string of the molecule is CCOC(=O)c1ccc(NC(=O)C(=O)NCc2ccc(/C=N\NC(=O)CN(Cc3ccccc3)S(=O)(=O)c3ccc(Br)cc3)o2)cc1. The smallest absolute Gasteiger partial charge is 0.338 e. The van der Waals surface area contributed by atoms with E-state index in [9.17, 15) is 27.6 Å². The van der Waals surface area contributed by atoms with E-state index in [0.29, 0.717) is 27.0 Å². The summed E-state index contributed by atoms with van der Waals surface area (Å²) in [6.07, 6.45) is 1.21. The van der Waals surface area contributed by atoms with Gasteiger partial charge >= 0.3 is 17.8 Å². The van der Waals surface area contributed by atoms with E-state index in [1.807, 2.05) is 0 Å². The lowest BCUT2D eigenvalue weighted by molar-refractivity contribution is -0.136. The Morgan fingerprint density at radius 3 is 2.30 bits per heavy atom. The largest absolute Gasteiger partial charge is 0.462 e. The average molecular weight is 725 g/mol. The van der Waals surface area contributed by atoms with Crippen LogP contribution in [0.4, 0.5) is 5.69 Å². The number of hydrogen-bond acceptors (Lipinski definition) is 9. The van der Waals surface area contributed by atoms with E-state index >= 15 is 0 Å². The Morgan fingerprint density at radius 2 is 1.62 bits per heavy atom. The highest BCUT2D eigenvalue weighted by Gasteiger charge is 2.27. The van der Waals surface area contributed by atoms with E-state index in [-0.39, 0.29) is 30.4 Å². The zero-order chi connectivity index (χ0) is 33.8. The van der Waals surface area contributed by atoms with Gasteiger partial charge in [0.05, 0.1) is 36.4 Å². The van der Waals surface area contributed by atoms with Crippen molar-refractivity contribution in [3.63, 3.8) is 0 Å². The van der Waals surface area contributed by atoms with Gasteiger partial charge in [-0.1, -0.05) is 46.3 Å². The van der Waals surface area contributed by atoms with E-state index in [0.717, 1.165) is 4.31 Å². The van der Waals surface area contributed by atoms with Gasteiger partial charge in [0.1, 0.15) is 11.5 Å². The van der Waals surface area contributed by atoms with Crippen LogP contribution < -0.4 is 16.1 Å². The Kier molecular flexibility index (Phi) is 12.2. The Labute approximate surface area is 279 Å². The minimum Gasteiger partial charge on any atom is -0.462 e. The minimum absolute atomic E-state index is 0.0327. The number of benzene rings is 3. The highest BCUT2D eigenvalue weighted by atomic mass is 79.9. The molecule has 47 heavy (non-hydrogen) atoms. The van der Waals surface area contributed by atoms with Crippen LogP contribution in [-0.4, -0.2) is 55.8 Å². The molecule has 1 aromatic heterocycles. The first kappa shape index (κ1) is 34.7. The van der Waals surface area contributed by atoms with Gasteiger partial charge in [-0.15, -0.1) is 0 Å². The molecule has 0 saturated heterocycles. The third kappa shape index (κ3) is 10.2. The molecule has 0 saturated carbocycles. The van der Waals surface area contributed by atoms with E-state index in [2.05, 4.69) is 37.1 Å². The fourth-order valence-corrected chi connectivity index (χ4v) is 5.68. The second-order valence-electron chi connectivity index (χ2n) is 9.74. The molecular weight excluding hydrogens is 694 g/mol. The maximum atomic E-state index is 13.4. The second kappa shape index (κ2) is 16.4. The van der Waals surface area contributed by atoms with Crippen LogP contribution in [0.15, 0.2) is 110 Å². The van der Waals surface area contributed by atoms with Gasteiger partial charge < -0.3 is 19.8 Å². The Hall–Kier alpha value is -5.12. The third-order valence-electron chi connectivity index (χ3n) is 6.32. The number of nitrogens with one attached hydrogen (secondary N) is 3. The molecule has 3 N–H and O–H groups in total. The van der Waals surface area contributed by atoms with Gasteiger partial charge in [-0.25, -0.2) is 18.6 Å². The van der Waals surface area contributed by atoms with Gasteiger partial charge in [-0.3, -0.25) is 14.4 Å². The molecule has 0 radical (unpaired) electrons. The highest BCUT2D eigenvalue weighted by molar-refractivity contribution is 9.10. The van der Waals surface area contributed by atoms with Crippen molar-refractivity contribution in [3.05, 3.63) is 118 Å². The topological polar surface area (TPSA) is 176 Å². The summed E-state index contributed by atoms with van der Waals surface area (Å²) >= 11 is 3.29. The molecule has 0 bridgehead atoms. The normalized spacial score (nSPS) is 11.3.